The van der Waals surface area contributed by atoms with Crippen molar-refractivity contribution in [2.24, 2.45) is 5.92 Å². The van der Waals surface area contributed by atoms with Gasteiger partial charge < -0.3 is 10.1 Å². The van der Waals surface area contributed by atoms with Crippen LogP contribution in [-0.4, -0.2) is 20.9 Å². The quantitative estimate of drug-likeness (QED) is 0.419. The maximum Gasteiger partial charge on any atom is 0.261 e. The van der Waals surface area contributed by atoms with Crippen LogP contribution in [0.5, 0.6) is 5.75 Å². The Balaban J connectivity index is 1.70. The molecule has 0 saturated carbocycles. The number of rotatable bonds is 9. The van der Waals surface area contributed by atoms with Crippen LogP contribution in [0, 0.1) is 19.8 Å². The maximum absolute atomic E-state index is 12.8. The van der Waals surface area contributed by atoms with E-state index >= 15 is 0 Å². The van der Waals surface area contributed by atoms with E-state index in [0.717, 1.165) is 17.5 Å². The highest BCUT2D eigenvalue weighted by atomic mass is 32.2. The summed E-state index contributed by atoms with van der Waals surface area (Å²) in [7, 11) is -3.75. The van der Waals surface area contributed by atoms with E-state index in [1.54, 1.807) is 42.5 Å². The van der Waals surface area contributed by atoms with Gasteiger partial charge in [-0.3, -0.25) is 9.52 Å². The van der Waals surface area contributed by atoms with Gasteiger partial charge in [-0.2, -0.15) is 0 Å². The van der Waals surface area contributed by atoms with Crippen LogP contribution in [0.25, 0.3) is 0 Å². The first-order valence-corrected chi connectivity index (χ1v) is 12.4. The summed E-state index contributed by atoms with van der Waals surface area (Å²) in [6.45, 7) is 8.58. The highest BCUT2D eigenvalue weighted by Crippen LogP contribution is 2.23. The van der Waals surface area contributed by atoms with Crippen LogP contribution in [-0.2, 0) is 10.0 Å². The number of benzene rings is 3. The molecule has 174 valence electrons. The predicted octanol–water partition coefficient (Wildman–Crippen LogP) is 5.78. The number of amides is 1. The Bertz CT molecular complexity index is 1200. The summed E-state index contributed by atoms with van der Waals surface area (Å²) in [5, 5.41) is 2.81. The van der Waals surface area contributed by atoms with Crippen LogP contribution in [0.3, 0.4) is 0 Å². The average Bonchev–Trinajstić information content (AvgIpc) is 2.73. The van der Waals surface area contributed by atoms with E-state index < -0.39 is 10.0 Å². The molecule has 0 fully saturated rings. The Labute approximate surface area is 196 Å². The highest BCUT2D eigenvalue weighted by molar-refractivity contribution is 7.92. The standard InChI is InChI=1S/C26H30N2O4S/c1-18(2)13-14-32-25-8-6-5-7-24(25)26(29)27-21-9-11-23(12-10-21)33(30,31)28-22-16-19(3)15-20(4)17-22/h5-12,15-18,28H,13-14H2,1-4H3,(H,27,29). The summed E-state index contributed by atoms with van der Waals surface area (Å²) < 4.78 is 33.9. The number of carbonyl (C=O) groups excluding carboxylic acids is 1. The molecule has 0 aliphatic carbocycles. The molecule has 0 aliphatic rings. The summed E-state index contributed by atoms with van der Waals surface area (Å²) in [6.07, 6.45) is 0.891. The number of ether oxygens (including phenoxy) is 1. The molecule has 6 nitrogen and oxygen atoms in total. The molecule has 3 rings (SSSR count). The lowest BCUT2D eigenvalue weighted by molar-refractivity contribution is 0.102. The van der Waals surface area contributed by atoms with Gasteiger partial charge in [-0.25, -0.2) is 8.42 Å². The topological polar surface area (TPSA) is 84.5 Å². The summed E-state index contributed by atoms with van der Waals surface area (Å²) in [6, 6.07) is 18.7. The molecule has 0 atom stereocenters. The third-order valence-corrected chi connectivity index (χ3v) is 6.38. The molecule has 0 spiro atoms. The molecule has 2 N–H and O–H groups in total. The lowest BCUT2D eigenvalue weighted by Crippen LogP contribution is -2.15. The van der Waals surface area contributed by atoms with Crippen LogP contribution in [0.15, 0.2) is 71.6 Å². The Morgan fingerprint density at radius 2 is 1.55 bits per heavy atom. The second-order valence-electron chi connectivity index (χ2n) is 8.49. The van der Waals surface area contributed by atoms with Crippen LogP contribution >= 0.6 is 0 Å². The van der Waals surface area contributed by atoms with Crippen LogP contribution in [0.1, 0.15) is 41.8 Å². The van der Waals surface area contributed by atoms with Gasteiger partial charge in [0.25, 0.3) is 15.9 Å². The number of sulfonamides is 1. The van der Waals surface area contributed by atoms with Crippen molar-refractivity contribution in [3.8, 4) is 5.75 Å². The Hall–Kier alpha value is -3.32. The van der Waals surface area contributed by atoms with Crippen molar-refractivity contribution < 1.29 is 17.9 Å². The Morgan fingerprint density at radius 3 is 2.18 bits per heavy atom. The molecule has 3 aromatic carbocycles. The van der Waals surface area contributed by atoms with E-state index in [1.807, 2.05) is 26.0 Å². The fraction of sp³-hybridized carbons (Fsp3) is 0.269. The molecule has 0 unspecified atom stereocenters. The largest absolute Gasteiger partial charge is 0.493 e. The normalized spacial score (nSPS) is 11.3. The van der Waals surface area contributed by atoms with E-state index in [2.05, 4.69) is 23.9 Å². The highest BCUT2D eigenvalue weighted by Gasteiger charge is 2.16. The van der Waals surface area contributed by atoms with Crippen molar-refractivity contribution >= 4 is 27.3 Å². The van der Waals surface area contributed by atoms with Crippen molar-refractivity contribution in [2.75, 3.05) is 16.6 Å². The molecule has 0 aromatic heterocycles. The minimum atomic E-state index is -3.75. The van der Waals surface area contributed by atoms with Gasteiger partial charge in [0.05, 0.1) is 17.1 Å². The van der Waals surface area contributed by atoms with Gasteiger partial charge >= 0.3 is 0 Å². The van der Waals surface area contributed by atoms with Gasteiger partial charge in [-0.15, -0.1) is 0 Å². The van der Waals surface area contributed by atoms with E-state index in [1.165, 1.54) is 12.1 Å². The molecule has 0 heterocycles. The summed E-state index contributed by atoms with van der Waals surface area (Å²) in [5.74, 6) is 0.705. The molecular formula is C26H30N2O4S. The second-order valence-corrected chi connectivity index (χ2v) is 10.2. The minimum Gasteiger partial charge on any atom is -0.493 e. The monoisotopic (exact) mass is 466 g/mol. The number of carbonyl (C=O) groups is 1. The van der Waals surface area contributed by atoms with Gasteiger partial charge in [0.15, 0.2) is 0 Å². The number of anilines is 2. The molecular weight excluding hydrogens is 436 g/mol. The minimum absolute atomic E-state index is 0.108. The number of para-hydroxylation sites is 1. The van der Waals surface area contributed by atoms with E-state index in [0.29, 0.717) is 35.2 Å². The number of hydrogen-bond donors (Lipinski definition) is 2. The number of nitrogens with one attached hydrogen (secondary N) is 2. The average molecular weight is 467 g/mol. The van der Waals surface area contributed by atoms with E-state index in [9.17, 15) is 13.2 Å². The maximum atomic E-state index is 12.8. The van der Waals surface area contributed by atoms with Crippen molar-refractivity contribution in [3.63, 3.8) is 0 Å². The lowest BCUT2D eigenvalue weighted by Gasteiger charge is -2.13. The third kappa shape index (κ3) is 6.83. The first-order valence-electron chi connectivity index (χ1n) is 10.9. The Kier molecular flexibility index (Phi) is 7.76. The Morgan fingerprint density at radius 1 is 0.909 bits per heavy atom. The van der Waals surface area contributed by atoms with Gasteiger partial charge in [-0.1, -0.05) is 32.0 Å². The van der Waals surface area contributed by atoms with E-state index in [-0.39, 0.29) is 10.8 Å². The zero-order chi connectivity index (χ0) is 24.0. The van der Waals surface area contributed by atoms with Crippen LogP contribution < -0.4 is 14.8 Å². The van der Waals surface area contributed by atoms with E-state index in [4.69, 9.17) is 4.74 Å². The fourth-order valence-electron chi connectivity index (χ4n) is 3.35. The van der Waals surface area contributed by atoms with Gasteiger partial charge in [0.1, 0.15) is 5.75 Å². The molecule has 3 aromatic rings. The fourth-order valence-corrected chi connectivity index (χ4v) is 4.39. The van der Waals surface area contributed by atoms with Crippen LogP contribution in [0.2, 0.25) is 0 Å². The molecule has 7 heteroatoms. The van der Waals surface area contributed by atoms with Crippen molar-refractivity contribution in [3.05, 3.63) is 83.4 Å². The van der Waals surface area contributed by atoms with Crippen molar-refractivity contribution in [2.45, 2.75) is 39.0 Å². The van der Waals surface area contributed by atoms with Gasteiger partial charge in [-0.05, 0) is 85.8 Å². The summed E-state index contributed by atoms with van der Waals surface area (Å²) in [5.41, 5.74) is 3.37. The van der Waals surface area contributed by atoms with Crippen molar-refractivity contribution in [1.82, 2.24) is 0 Å². The summed E-state index contributed by atoms with van der Waals surface area (Å²) >= 11 is 0. The predicted molar refractivity (Wildman–Crippen MR) is 133 cm³/mol. The molecule has 0 aliphatic heterocycles. The molecule has 0 bridgehead atoms. The first kappa shape index (κ1) is 24.3. The molecule has 0 radical (unpaired) electrons. The summed E-state index contributed by atoms with van der Waals surface area (Å²) in [4.78, 5) is 12.9. The molecule has 0 saturated heterocycles. The molecule has 1 amide bonds. The van der Waals surface area contributed by atoms with Gasteiger partial charge in [0, 0.05) is 11.4 Å². The van der Waals surface area contributed by atoms with Gasteiger partial charge in [0.2, 0.25) is 0 Å². The molecule has 33 heavy (non-hydrogen) atoms. The first-order chi connectivity index (χ1) is 15.6. The SMILES string of the molecule is Cc1cc(C)cc(NS(=O)(=O)c2ccc(NC(=O)c3ccccc3OCCC(C)C)cc2)c1. The van der Waals surface area contributed by atoms with Crippen LogP contribution in [0.4, 0.5) is 11.4 Å². The number of aryl methyl sites for hydroxylation is 2. The smallest absolute Gasteiger partial charge is 0.261 e. The second kappa shape index (κ2) is 10.5. The number of hydrogen-bond acceptors (Lipinski definition) is 4. The lowest BCUT2D eigenvalue weighted by atomic mass is 10.1. The zero-order valence-corrected chi connectivity index (χ0v) is 20.2. The third-order valence-electron chi connectivity index (χ3n) is 4.98. The van der Waals surface area contributed by atoms with Crippen molar-refractivity contribution in [1.29, 1.82) is 0 Å². The zero-order valence-electron chi connectivity index (χ0n) is 19.4.